The van der Waals surface area contributed by atoms with Gasteiger partial charge in [-0.25, -0.2) is 0 Å². The second-order valence-corrected chi connectivity index (χ2v) is 48.1. The SMILES string of the molecule is CCCCCCC1(CCCCCC)c2cc(-c3ccc(/C=C/c4ccc(/C=C/C5=C(C#N)C(=C(C#N)C#N)OC5(C)C)s4)s3)ccc2-c2c1c1c(c3c2C(CCCCCC)(CCCCCC)c2cc(-c4ccc(/C=C/c5ccc(/C=C/C6=C(C#N)C(=C(C#N)C#N)OC6(C)C)s5)s4)ccc2-3)C(CCCCCC)(CCCCCC)c2cc(-c3ccc(/C=C/c4ccc(/C=C/C5=C(C#N)C(=C(C#N)C#N)OC5(C)C)s4)s3)ccc2-1. The highest BCUT2D eigenvalue weighted by molar-refractivity contribution is 7.17. The molecule has 3 aliphatic carbocycles. The lowest BCUT2D eigenvalue weighted by atomic mass is 9.63. The molecule has 0 amide bonds. The first-order valence-corrected chi connectivity index (χ1v) is 57.8. The van der Waals surface area contributed by atoms with Gasteiger partial charge < -0.3 is 14.2 Å². The third-order valence-corrected chi connectivity index (χ3v) is 36.8. The molecule has 9 heterocycles. The van der Waals surface area contributed by atoms with Crippen molar-refractivity contribution in [1.82, 2.24) is 0 Å². The zero-order chi connectivity index (χ0) is 104. The fourth-order valence-corrected chi connectivity index (χ4v) is 28.4. The number of nitrogens with zero attached hydrogens (tertiary/aromatic N) is 9. The lowest BCUT2D eigenvalue weighted by Crippen LogP contribution is -2.31. The van der Waals surface area contributed by atoms with Crippen LogP contribution in [0.3, 0.4) is 0 Å². The summed E-state index contributed by atoms with van der Waals surface area (Å²) in [6.45, 7) is 25.3. The van der Waals surface area contributed by atoms with Crippen LogP contribution in [0.5, 0.6) is 0 Å². The second-order valence-electron chi connectivity index (χ2n) is 41.3. The summed E-state index contributed by atoms with van der Waals surface area (Å²) in [6.07, 6.45) is 59.2. The Morgan fingerprint density at radius 3 is 0.660 bits per heavy atom. The molecule has 147 heavy (non-hydrogen) atoms. The maximum absolute atomic E-state index is 10.3. The molecule has 0 saturated heterocycles. The molecule has 3 aliphatic heterocycles. The molecule has 0 bridgehead atoms. The van der Waals surface area contributed by atoms with Gasteiger partial charge in [0.25, 0.3) is 0 Å². The number of ether oxygens (including phenoxy) is 3. The standard InChI is InChI=1S/C129H129N9O3S6/c1-13-19-25-31-67-127(68-32-26-20-14-2)109-73-85(112-64-55-97(145-112)49-46-91-40-43-94(142-91)52-61-106-103(82-136)121(88(76-130)77-131)139-124(106,7)8)37-58-100(109)115-118(127)116-101-59-38-86(113-65-56-98(146-113)50-47-92-41-44-95(143-92)53-62-107-104(83-137)122(89(78-132)79-133)140-125(107,9)10)74-110(101)128(69-33-27-21-15-3,70-34-28-22-16-4)120(116)117-102-60-39-87(75-111(102)129(119(115)117,71-35-29-23-17-5)72-36-30-24-18-6)114-66-57-99(147-114)51-48-93-42-45-96(144-93)54-63-108-105(84-138)123(90(80-134)81-135)141-126(108,11)12/h37-66,73-75H,13-36,67-72H2,1-12H3/b49-46+,50-47+,51-48+,61-52+,62-53+,63-54+. The number of rotatable bonds is 45. The summed E-state index contributed by atoms with van der Waals surface area (Å²) in [6, 6.07) is 68.5. The quantitative estimate of drug-likeness (QED) is 0.0256. The average molecular weight is 2050 g/mol. The van der Waals surface area contributed by atoms with Gasteiger partial charge in [-0.2, -0.15) is 47.4 Å². The van der Waals surface area contributed by atoms with E-state index in [-0.39, 0.29) is 67.0 Å². The van der Waals surface area contributed by atoms with Crippen LogP contribution < -0.4 is 0 Å². The molecular formula is C129H129N9O3S6. The smallest absolute Gasteiger partial charge is 0.172 e. The van der Waals surface area contributed by atoms with Crippen molar-refractivity contribution in [3.8, 4) is 119 Å². The molecule has 4 aromatic carbocycles. The Morgan fingerprint density at radius 1 is 0.252 bits per heavy atom. The lowest BCUT2D eigenvalue weighted by molar-refractivity contribution is 0.0951. The Labute approximate surface area is 895 Å². The average Bonchev–Trinajstić information content (AvgIpc) is 1.48. The minimum atomic E-state index is -0.919. The number of allylic oxidation sites excluding steroid dienone is 6. The normalized spacial score (nSPS) is 15.9. The Bertz CT molecular complexity index is 6730. The summed E-state index contributed by atoms with van der Waals surface area (Å²) < 4.78 is 18.3. The summed E-state index contributed by atoms with van der Waals surface area (Å²) in [5, 5.41) is 89.7. The van der Waals surface area contributed by atoms with Crippen LogP contribution in [0.25, 0.3) is 119 Å². The summed E-state index contributed by atoms with van der Waals surface area (Å²) >= 11 is 10.6. The number of thiophene rings is 6. The van der Waals surface area contributed by atoms with E-state index in [4.69, 9.17) is 14.2 Å². The third kappa shape index (κ3) is 21.8. The van der Waals surface area contributed by atoms with E-state index in [0.29, 0.717) is 16.7 Å². The molecule has 0 N–H and O–H groups in total. The monoisotopic (exact) mass is 2040 g/mol. The first-order valence-electron chi connectivity index (χ1n) is 52.9. The van der Waals surface area contributed by atoms with Crippen LogP contribution in [-0.2, 0) is 30.5 Å². The molecule has 0 spiro atoms. The van der Waals surface area contributed by atoms with Gasteiger partial charge in [0.05, 0.1) is 0 Å². The summed E-state index contributed by atoms with van der Waals surface area (Å²) in [4.78, 5) is 13.5. The molecule has 16 rings (SSSR count). The van der Waals surface area contributed by atoms with Crippen LogP contribution in [0.1, 0.15) is 353 Å². The van der Waals surface area contributed by atoms with E-state index >= 15 is 0 Å². The zero-order valence-electron chi connectivity index (χ0n) is 87.0. The highest BCUT2D eigenvalue weighted by Crippen LogP contribution is 2.73. The minimum Gasteiger partial charge on any atom is -0.480 e. The van der Waals surface area contributed by atoms with Crippen molar-refractivity contribution in [2.24, 2.45) is 0 Å². The second kappa shape index (κ2) is 47.3. The highest BCUT2D eigenvalue weighted by atomic mass is 32.1. The van der Waals surface area contributed by atoms with Gasteiger partial charge in [-0.3, -0.25) is 0 Å². The summed E-state index contributed by atoms with van der Waals surface area (Å²) in [7, 11) is 0. The maximum Gasteiger partial charge on any atom is 0.172 e. The van der Waals surface area contributed by atoms with Crippen LogP contribution in [0.15, 0.2) is 213 Å². The van der Waals surface area contributed by atoms with Gasteiger partial charge in [-0.15, -0.1) is 68.0 Å². The highest BCUT2D eigenvalue weighted by Gasteiger charge is 2.58. The van der Waals surface area contributed by atoms with Gasteiger partial charge in [-0.05, 0) is 309 Å². The predicted octanol–water partition coefficient (Wildman–Crippen LogP) is 38.0. The largest absolute Gasteiger partial charge is 0.480 e. The third-order valence-electron chi connectivity index (χ3n) is 30.4. The number of hydrogen-bond acceptors (Lipinski definition) is 18. The fraction of sp³-hybridized carbons (Fsp3) is 0.372. The van der Waals surface area contributed by atoms with E-state index in [1.165, 1.54) is 156 Å². The summed E-state index contributed by atoms with van der Waals surface area (Å²) in [5.74, 6) is 0.0915. The zero-order valence-corrected chi connectivity index (χ0v) is 91.9. The Morgan fingerprint density at radius 2 is 0.456 bits per heavy atom. The molecule has 744 valence electrons. The van der Waals surface area contributed by atoms with Crippen molar-refractivity contribution in [1.29, 1.82) is 47.4 Å². The molecule has 18 heteroatoms. The van der Waals surface area contributed by atoms with Crippen LogP contribution in [-0.4, -0.2) is 16.8 Å². The fourth-order valence-electron chi connectivity index (χ4n) is 23.3. The predicted molar refractivity (Wildman–Crippen MR) is 613 cm³/mol. The van der Waals surface area contributed by atoms with E-state index in [2.05, 4.69) is 224 Å². The van der Waals surface area contributed by atoms with Gasteiger partial charge in [0.1, 0.15) is 88.1 Å². The molecule has 0 fully saturated rings. The number of unbranched alkanes of at least 4 members (excludes halogenated alkanes) is 18. The Hall–Kier alpha value is -13.2. The molecule has 0 radical (unpaired) electrons. The molecule has 0 saturated carbocycles. The first-order chi connectivity index (χ1) is 71.4. The molecule has 0 unspecified atom stereocenters. The van der Waals surface area contributed by atoms with Crippen molar-refractivity contribution in [2.45, 2.75) is 309 Å². The topological polar surface area (TPSA) is 242 Å². The summed E-state index contributed by atoms with van der Waals surface area (Å²) in [5.41, 5.74) is 20.2. The number of fused-ring (bicyclic) bond motifs is 12. The van der Waals surface area contributed by atoms with Crippen LogP contribution in [0.4, 0.5) is 0 Å². The molecule has 12 nitrogen and oxygen atoms in total. The molecular weight excluding hydrogens is 1920 g/mol. The number of benzene rings is 4. The van der Waals surface area contributed by atoms with E-state index in [1.54, 1.807) is 67.4 Å². The molecule has 0 atom stereocenters. The number of nitriles is 9. The van der Waals surface area contributed by atoms with Gasteiger partial charge in [0.15, 0.2) is 34.0 Å². The van der Waals surface area contributed by atoms with Crippen LogP contribution >= 0.6 is 68.0 Å². The van der Waals surface area contributed by atoms with E-state index in [0.717, 1.165) is 145 Å². The van der Waals surface area contributed by atoms with Crippen molar-refractivity contribution >= 4 is 123 Å². The van der Waals surface area contributed by atoms with E-state index in [9.17, 15) is 47.4 Å². The van der Waals surface area contributed by atoms with Gasteiger partial charge >= 0.3 is 0 Å². The van der Waals surface area contributed by atoms with Crippen molar-refractivity contribution in [2.75, 3.05) is 0 Å². The van der Waals surface area contributed by atoms with Crippen molar-refractivity contribution < 1.29 is 14.2 Å². The van der Waals surface area contributed by atoms with Gasteiger partial charge in [0.2, 0.25) is 0 Å². The Balaban J connectivity index is 0.881. The van der Waals surface area contributed by atoms with Crippen molar-refractivity contribution in [3.05, 3.63) is 290 Å². The molecule has 10 aromatic rings. The minimum absolute atomic E-state index is 0.0305. The van der Waals surface area contributed by atoms with E-state index < -0.39 is 16.8 Å². The Kier molecular flexibility index (Phi) is 34.3. The van der Waals surface area contributed by atoms with E-state index in [1.807, 2.05) is 148 Å². The van der Waals surface area contributed by atoms with Gasteiger partial charge in [0, 0.05) is 91.5 Å². The maximum atomic E-state index is 10.3. The van der Waals surface area contributed by atoms with Crippen LogP contribution in [0, 0.1) is 102 Å². The lowest BCUT2D eigenvalue weighted by Gasteiger charge is -2.40. The first kappa shape index (κ1) is 107. The number of hydrogen-bond donors (Lipinski definition) is 0. The molecule has 6 aromatic heterocycles. The molecule has 6 aliphatic rings. The van der Waals surface area contributed by atoms with Crippen molar-refractivity contribution in [3.63, 3.8) is 0 Å². The van der Waals surface area contributed by atoms with Gasteiger partial charge in [-0.1, -0.05) is 250 Å². The van der Waals surface area contributed by atoms with Crippen LogP contribution in [0.2, 0.25) is 0 Å².